The summed E-state index contributed by atoms with van der Waals surface area (Å²) in [4.78, 5) is 31.2. The molecule has 2 heterocycles. The molecule has 0 fully saturated rings. The Morgan fingerprint density at radius 1 is 1.19 bits per heavy atom. The molecular formula is C21H20N4O5S2. The van der Waals surface area contributed by atoms with Crippen LogP contribution in [0.5, 0.6) is 5.75 Å². The molecule has 3 aromatic rings. The molecule has 1 unspecified atom stereocenters. The summed E-state index contributed by atoms with van der Waals surface area (Å²) >= 11 is 1.16. The van der Waals surface area contributed by atoms with E-state index in [-0.39, 0.29) is 10.0 Å². The highest BCUT2D eigenvalue weighted by Crippen LogP contribution is 2.38. The lowest BCUT2D eigenvalue weighted by Crippen LogP contribution is -2.59. The summed E-state index contributed by atoms with van der Waals surface area (Å²) in [6.07, 6.45) is 1.49. The van der Waals surface area contributed by atoms with Gasteiger partial charge in [-0.05, 0) is 55.8 Å². The highest BCUT2D eigenvalue weighted by molar-refractivity contribution is 7.93. The van der Waals surface area contributed by atoms with E-state index >= 15 is 0 Å². The van der Waals surface area contributed by atoms with E-state index in [4.69, 9.17) is 4.74 Å². The molecule has 2 N–H and O–H groups in total. The third kappa shape index (κ3) is 3.92. The van der Waals surface area contributed by atoms with Crippen LogP contribution in [0.1, 0.15) is 12.5 Å². The Hall–Kier alpha value is -3.44. The summed E-state index contributed by atoms with van der Waals surface area (Å²) in [5.74, 6) is -0.762. The van der Waals surface area contributed by atoms with Crippen LogP contribution in [0.15, 0.2) is 58.9 Å². The number of carbonyl (C=O) groups excluding carboxylic acids is 2. The average Bonchev–Trinajstić information content (AvgIpc) is 3.25. The second kappa shape index (κ2) is 7.92. The van der Waals surface area contributed by atoms with E-state index in [9.17, 15) is 18.0 Å². The number of likely N-dealkylation sites (N-methyl/N-ethyl adjacent to an activating group) is 1. The van der Waals surface area contributed by atoms with Gasteiger partial charge < -0.3 is 15.0 Å². The normalized spacial score (nSPS) is 18.0. The summed E-state index contributed by atoms with van der Waals surface area (Å²) < 4.78 is 33.1. The maximum Gasteiger partial charge on any atom is 0.280 e. The van der Waals surface area contributed by atoms with Crippen molar-refractivity contribution in [1.82, 2.24) is 4.98 Å². The summed E-state index contributed by atoms with van der Waals surface area (Å²) in [5, 5.41) is 4.54. The van der Waals surface area contributed by atoms with E-state index in [0.29, 0.717) is 17.1 Å². The van der Waals surface area contributed by atoms with Crippen LogP contribution < -0.4 is 19.7 Å². The molecule has 0 aliphatic carbocycles. The van der Waals surface area contributed by atoms with Gasteiger partial charge in [-0.15, -0.1) is 11.3 Å². The van der Waals surface area contributed by atoms with Crippen LogP contribution in [0, 0.1) is 6.92 Å². The Kier molecular flexibility index (Phi) is 5.39. The maximum absolute atomic E-state index is 13.0. The molecule has 0 radical (unpaired) electrons. The molecule has 1 aliphatic rings. The zero-order valence-corrected chi connectivity index (χ0v) is 19.1. The molecule has 1 atom stereocenters. The van der Waals surface area contributed by atoms with Crippen LogP contribution >= 0.6 is 11.3 Å². The van der Waals surface area contributed by atoms with Gasteiger partial charge in [-0.2, -0.15) is 0 Å². The number of amides is 2. The minimum absolute atomic E-state index is 0.00549. The van der Waals surface area contributed by atoms with E-state index in [0.717, 1.165) is 16.9 Å². The van der Waals surface area contributed by atoms with E-state index < -0.39 is 27.4 Å². The predicted octanol–water partition coefficient (Wildman–Crippen LogP) is 3.00. The van der Waals surface area contributed by atoms with Crippen molar-refractivity contribution in [3.05, 3.63) is 59.6 Å². The van der Waals surface area contributed by atoms with Crippen molar-refractivity contribution in [2.75, 3.05) is 22.0 Å². The Morgan fingerprint density at radius 3 is 2.56 bits per heavy atom. The Morgan fingerprint density at radius 2 is 1.91 bits per heavy atom. The number of fused-ring (bicyclic) bond motifs is 1. The maximum atomic E-state index is 13.0. The predicted molar refractivity (Wildman–Crippen MR) is 122 cm³/mol. The van der Waals surface area contributed by atoms with Gasteiger partial charge in [0.05, 0.1) is 10.6 Å². The topological polar surface area (TPSA) is 118 Å². The van der Waals surface area contributed by atoms with Crippen molar-refractivity contribution < 1.29 is 22.7 Å². The first kappa shape index (κ1) is 21.8. The molecule has 2 amide bonds. The third-order valence-electron chi connectivity index (χ3n) is 5.01. The second-order valence-corrected chi connectivity index (χ2v) is 9.97. The lowest BCUT2D eigenvalue weighted by atomic mass is 9.99. The fraction of sp³-hybridized carbons (Fsp3) is 0.190. The average molecular weight is 473 g/mol. The van der Waals surface area contributed by atoms with Crippen LogP contribution in [0.3, 0.4) is 0 Å². The minimum atomic E-state index is -3.81. The largest absolute Gasteiger partial charge is 0.465 e. The van der Waals surface area contributed by atoms with E-state index in [2.05, 4.69) is 15.0 Å². The van der Waals surface area contributed by atoms with Crippen LogP contribution in [0.2, 0.25) is 0 Å². The quantitative estimate of drug-likeness (QED) is 0.551. The molecule has 0 saturated heterocycles. The van der Waals surface area contributed by atoms with Gasteiger partial charge in [-0.1, -0.05) is 6.07 Å². The summed E-state index contributed by atoms with van der Waals surface area (Å²) in [7, 11) is -2.23. The van der Waals surface area contributed by atoms with E-state index in [1.165, 1.54) is 42.3 Å². The first-order valence-corrected chi connectivity index (χ1v) is 11.9. The number of aryl methyl sites for hydroxylation is 1. The van der Waals surface area contributed by atoms with Crippen LogP contribution in [0.4, 0.5) is 16.5 Å². The molecule has 32 heavy (non-hydrogen) atoms. The van der Waals surface area contributed by atoms with Gasteiger partial charge in [0.2, 0.25) is 0 Å². The Balaban J connectivity index is 1.52. The van der Waals surface area contributed by atoms with E-state index in [1.807, 2.05) is 19.1 Å². The van der Waals surface area contributed by atoms with Gasteiger partial charge in [-0.3, -0.25) is 14.3 Å². The molecule has 9 nitrogen and oxygen atoms in total. The molecule has 0 bridgehead atoms. The first-order chi connectivity index (χ1) is 15.1. The van der Waals surface area contributed by atoms with Crippen LogP contribution in [0.25, 0.3) is 0 Å². The highest BCUT2D eigenvalue weighted by Gasteiger charge is 2.49. The summed E-state index contributed by atoms with van der Waals surface area (Å²) in [5.41, 5.74) is 0.0777. The van der Waals surface area contributed by atoms with Crippen molar-refractivity contribution in [1.29, 1.82) is 0 Å². The SMILES string of the molecule is Cc1ccc2c(c1)N(C)C(=O)C(C)(C(=O)Nc1ccc(S(=O)(=O)Nc3nccs3)cc1)O2. The Bertz CT molecular complexity index is 1290. The zero-order chi connectivity index (χ0) is 23.1. The zero-order valence-electron chi connectivity index (χ0n) is 17.4. The number of ether oxygens (including phenoxy) is 1. The molecule has 1 aliphatic heterocycles. The minimum Gasteiger partial charge on any atom is -0.465 e. The van der Waals surface area contributed by atoms with Gasteiger partial charge in [0.1, 0.15) is 5.75 Å². The number of hydrogen-bond acceptors (Lipinski definition) is 7. The molecule has 1 aromatic heterocycles. The van der Waals surface area contributed by atoms with Crippen molar-refractivity contribution in [3.8, 4) is 5.75 Å². The van der Waals surface area contributed by atoms with Crippen LogP contribution in [-0.4, -0.2) is 37.9 Å². The van der Waals surface area contributed by atoms with Crippen molar-refractivity contribution >= 4 is 49.7 Å². The van der Waals surface area contributed by atoms with Crippen LogP contribution in [-0.2, 0) is 19.6 Å². The number of aromatic nitrogens is 1. The number of hydrogen-bond donors (Lipinski definition) is 2. The Labute approximate surface area is 189 Å². The number of sulfonamides is 1. The summed E-state index contributed by atoms with van der Waals surface area (Å²) in [6, 6.07) is 10.9. The number of rotatable bonds is 5. The van der Waals surface area contributed by atoms with Gasteiger partial charge in [0.25, 0.3) is 27.4 Å². The molecular weight excluding hydrogens is 452 g/mol. The number of carbonyl (C=O) groups is 2. The number of benzene rings is 2. The molecule has 4 rings (SSSR count). The van der Waals surface area contributed by atoms with Crippen molar-refractivity contribution in [3.63, 3.8) is 0 Å². The van der Waals surface area contributed by atoms with Gasteiger partial charge >= 0.3 is 0 Å². The summed E-state index contributed by atoms with van der Waals surface area (Å²) in [6.45, 7) is 3.30. The lowest BCUT2D eigenvalue weighted by molar-refractivity contribution is -0.144. The molecule has 0 saturated carbocycles. The molecule has 166 valence electrons. The fourth-order valence-corrected chi connectivity index (χ4v) is 5.02. The highest BCUT2D eigenvalue weighted by atomic mass is 32.2. The van der Waals surface area contributed by atoms with Crippen molar-refractivity contribution in [2.45, 2.75) is 24.3 Å². The number of nitrogens with one attached hydrogen (secondary N) is 2. The van der Waals surface area contributed by atoms with Crippen molar-refractivity contribution in [2.24, 2.45) is 0 Å². The third-order valence-corrected chi connectivity index (χ3v) is 7.18. The fourth-order valence-electron chi connectivity index (χ4n) is 3.23. The number of thiazole rings is 1. The van der Waals surface area contributed by atoms with Gasteiger partial charge in [0, 0.05) is 24.3 Å². The smallest absolute Gasteiger partial charge is 0.280 e. The number of anilines is 3. The molecule has 0 spiro atoms. The van der Waals surface area contributed by atoms with E-state index in [1.54, 1.807) is 18.5 Å². The standard InChI is InChI=1S/C21H20N4O5S2/c1-13-4-9-17-16(12-13)25(3)19(27)21(2,30-17)18(26)23-14-5-7-15(8-6-14)32(28,29)24-20-22-10-11-31-20/h4-12H,1-3H3,(H,22,24)(H,23,26). The lowest BCUT2D eigenvalue weighted by Gasteiger charge is -2.38. The monoisotopic (exact) mass is 472 g/mol. The second-order valence-electron chi connectivity index (χ2n) is 7.39. The molecule has 11 heteroatoms. The first-order valence-electron chi connectivity index (χ1n) is 9.52. The number of nitrogens with zero attached hydrogens (tertiary/aromatic N) is 2. The van der Waals surface area contributed by atoms with Gasteiger partial charge in [-0.25, -0.2) is 13.4 Å². The molecule has 2 aromatic carbocycles. The van der Waals surface area contributed by atoms with Gasteiger partial charge in [0.15, 0.2) is 5.13 Å².